The summed E-state index contributed by atoms with van der Waals surface area (Å²) in [6.45, 7) is 11.5. The number of aromatic nitrogens is 2. The lowest BCUT2D eigenvalue weighted by molar-refractivity contribution is -0.0726. The average molecular weight is 358 g/mol. The molecule has 5 nitrogen and oxygen atoms in total. The van der Waals surface area contributed by atoms with E-state index in [9.17, 15) is 4.79 Å². The Hall–Kier alpha value is -0.880. The van der Waals surface area contributed by atoms with Crippen LogP contribution in [0.1, 0.15) is 34.6 Å². The van der Waals surface area contributed by atoms with Crippen molar-refractivity contribution in [1.82, 2.24) is 9.55 Å². The minimum absolute atomic E-state index is 0.0453. The first-order chi connectivity index (χ1) is 9.64. The van der Waals surface area contributed by atoms with Gasteiger partial charge in [0, 0.05) is 36.4 Å². The first kappa shape index (κ1) is 16.5. The highest BCUT2D eigenvalue weighted by molar-refractivity contribution is 9.09. The molecule has 0 aliphatic carbocycles. The highest BCUT2D eigenvalue weighted by Gasteiger charge is 2.35. The molecule has 1 unspecified atom stereocenters. The van der Waals surface area contributed by atoms with E-state index in [1.165, 1.54) is 0 Å². The summed E-state index contributed by atoms with van der Waals surface area (Å²) in [5.74, 6) is 0.509. The predicted molar refractivity (Wildman–Crippen MR) is 88.5 cm³/mol. The minimum atomic E-state index is -0.298. The van der Waals surface area contributed by atoms with Crippen molar-refractivity contribution in [3.63, 3.8) is 0 Å². The van der Waals surface area contributed by atoms with Crippen LogP contribution in [0.15, 0.2) is 17.2 Å². The van der Waals surface area contributed by atoms with Crippen molar-refractivity contribution in [1.29, 1.82) is 0 Å². The third kappa shape index (κ3) is 3.66. The van der Waals surface area contributed by atoms with Crippen molar-refractivity contribution >= 4 is 21.7 Å². The lowest BCUT2D eigenvalue weighted by Gasteiger charge is -2.42. The molecule has 0 amide bonds. The van der Waals surface area contributed by atoms with Crippen molar-refractivity contribution in [2.24, 2.45) is 0 Å². The first-order valence-corrected chi connectivity index (χ1v) is 8.33. The van der Waals surface area contributed by atoms with Gasteiger partial charge in [0.25, 0.3) is 5.56 Å². The van der Waals surface area contributed by atoms with Gasteiger partial charge in [-0.2, -0.15) is 0 Å². The second kappa shape index (κ2) is 5.72. The monoisotopic (exact) mass is 357 g/mol. The smallest absolute Gasteiger partial charge is 0.293 e. The van der Waals surface area contributed by atoms with Crippen LogP contribution in [0.5, 0.6) is 0 Å². The minimum Gasteiger partial charge on any atom is -0.368 e. The van der Waals surface area contributed by atoms with Crippen molar-refractivity contribution in [2.75, 3.05) is 23.3 Å². The molecule has 1 aromatic rings. The fourth-order valence-electron chi connectivity index (χ4n) is 2.68. The number of hydrogen-bond acceptors (Lipinski definition) is 4. The topological polar surface area (TPSA) is 47.4 Å². The fraction of sp³-hybridized carbons (Fsp3) is 0.733. The van der Waals surface area contributed by atoms with Crippen LogP contribution in [-0.2, 0) is 10.3 Å². The standard InChI is InChI=1S/C15H24BrN3O2/c1-14(2,3)19-7-6-17-12(13(19)20)18-9-11(8-16)21-15(4,5)10-18/h6-7,11H,8-10H2,1-5H3. The summed E-state index contributed by atoms with van der Waals surface area (Å²) >= 11 is 3.47. The lowest BCUT2D eigenvalue weighted by atomic mass is 10.1. The fourth-order valence-corrected chi connectivity index (χ4v) is 3.02. The van der Waals surface area contributed by atoms with Crippen LogP contribution < -0.4 is 10.5 Å². The molecule has 0 radical (unpaired) electrons. The highest BCUT2D eigenvalue weighted by Crippen LogP contribution is 2.24. The molecule has 0 spiro atoms. The summed E-state index contributed by atoms with van der Waals surface area (Å²) in [7, 11) is 0. The molecule has 2 rings (SSSR count). The summed E-state index contributed by atoms with van der Waals surface area (Å²) in [4.78, 5) is 19.1. The van der Waals surface area contributed by atoms with Crippen LogP contribution in [0.2, 0.25) is 0 Å². The summed E-state index contributed by atoms with van der Waals surface area (Å²) < 4.78 is 7.72. The summed E-state index contributed by atoms with van der Waals surface area (Å²) in [5.41, 5.74) is -0.602. The van der Waals surface area contributed by atoms with E-state index in [1.807, 2.05) is 39.5 Å². The van der Waals surface area contributed by atoms with Crippen LogP contribution in [0.4, 0.5) is 5.82 Å². The quantitative estimate of drug-likeness (QED) is 0.762. The molecular formula is C15H24BrN3O2. The molecule has 6 heteroatoms. The van der Waals surface area contributed by atoms with Gasteiger partial charge < -0.3 is 14.2 Å². The Labute approximate surface area is 134 Å². The Morgan fingerprint density at radius 3 is 2.71 bits per heavy atom. The summed E-state index contributed by atoms with van der Waals surface area (Å²) in [6, 6.07) is 0. The average Bonchev–Trinajstić information content (AvgIpc) is 2.35. The van der Waals surface area contributed by atoms with E-state index in [-0.39, 0.29) is 22.8 Å². The first-order valence-electron chi connectivity index (χ1n) is 7.21. The molecule has 1 fully saturated rings. The third-order valence-corrected chi connectivity index (χ3v) is 4.22. The maximum absolute atomic E-state index is 12.7. The number of morpholine rings is 1. The molecule has 2 heterocycles. The van der Waals surface area contributed by atoms with Crippen LogP contribution in [0.25, 0.3) is 0 Å². The molecule has 0 aromatic carbocycles. The number of alkyl halides is 1. The molecule has 0 saturated carbocycles. The SMILES string of the molecule is CC1(C)CN(c2nccn(C(C)(C)C)c2=O)CC(CBr)O1. The van der Waals surface area contributed by atoms with Gasteiger partial charge in [0.05, 0.1) is 11.7 Å². The maximum Gasteiger partial charge on any atom is 0.293 e. The van der Waals surface area contributed by atoms with E-state index >= 15 is 0 Å². The normalized spacial score (nSPS) is 22.4. The van der Waals surface area contributed by atoms with E-state index in [4.69, 9.17) is 4.74 Å². The lowest BCUT2D eigenvalue weighted by Crippen LogP contribution is -2.55. The molecule has 118 valence electrons. The largest absolute Gasteiger partial charge is 0.368 e. The summed E-state index contributed by atoms with van der Waals surface area (Å²) in [5, 5.41) is 0.743. The van der Waals surface area contributed by atoms with Crippen LogP contribution in [0.3, 0.4) is 0 Å². The Morgan fingerprint density at radius 1 is 1.48 bits per heavy atom. The summed E-state index contributed by atoms with van der Waals surface area (Å²) in [6.07, 6.45) is 3.51. The van der Waals surface area contributed by atoms with E-state index in [1.54, 1.807) is 17.0 Å². The third-order valence-electron chi connectivity index (χ3n) is 3.50. The van der Waals surface area contributed by atoms with Crippen LogP contribution >= 0.6 is 15.9 Å². The van der Waals surface area contributed by atoms with Crippen molar-refractivity contribution in [3.8, 4) is 0 Å². The zero-order valence-corrected chi connectivity index (χ0v) is 15.0. The maximum atomic E-state index is 12.7. The van der Waals surface area contributed by atoms with Gasteiger partial charge in [-0.1, -0.05) is 15.9 Å². The Morgan fingerprint density at radius 2 is 2.14 bits per heavy atom. The second-order valence-corrected chi connectivity index (χ2v) is 7.78. The number of ether oxygens (including phenoxy) is 1. The molecule has 1 aromatic heterocycles. The van der Waals surface area contributed by atoms with Gasteiger partial charge >= 0.3 is 0 Å². The number of hydrogen-bond donors (Lipinski definition) is 0. The zero-order valence-electron chi connectivity index (χ0n) is 13.4. The van der Waals surface area contributed by atoms with Crippen molar-refractivity contribution < 1.29 is 4.74 Å². The highest BCUT2D eigenvalue weighted by atomic mass is 79.9. The number of halogens is 1. The Bertz CT molecular complexity index is 563. The zero-order chi connectivity index (χ0) is 15.8. The number of nitrogens with zero attached hydrogens (tertiary/aromatic N) is 3. The van der Waals surface area contributed by atoms with Gasteiger partial charge in [0.2, 0.25) is 0 Å². The second-order valence-electron chi connectivity index (χ2n) is 7.13. The predicted octanol–water partition coefficient (Wildman–Crippen LogP) is 2.38. The van der Waals surface area contributed by atoms with Gasteiger partial charge in [-0.3, -0.25) is 4.79 Å². The Balaban J connectivity index is 2.40. The number of anilines is 1. The van der Waals surface area contributed by atoms with E-state index < -0.39 is 0 Å². The van der Waals surface area contributed by atoms with Gasteiger partial charge in [0.15, 0.2) is 5.82 Å². The van der Waals surface area contributed by atoms with Gasteiger partial charge in [-0.05, 0) is 34.6 Å². The van der Waals surface area contributed by atoms with Crippen LogP contribution in [0, 0.1) is 0 Å². The molecule has 1 atom stereocenters. The number of rotatable bonds is 2. The molecule has 1 aliphatic rings. The van der Waals surface area contributed by atoms with Gasteiger partial charge in [0.1, 0.15) is 0 Å². The Kier molecular flexibility index (Phi) is 4.49. The van der Waals surface area contributed by atoms with Gasteiger partial charge in [-0.15, -0.1) is 0 Å². The van der Waals surface area contributed by atoms with Crippen LogP contribution in [-0.4, -0.2) is 39.7 Å². The molecule has 1 saturated heterocycles. The van der Waals surface area contributed by atoms with E-state index in [2.05, 4.69) is 20.9 Å². The molecule has 0 N–H and O–H groups in total. The molecule has 1 aliphatic heterocycles. The van der Waals surface area contributed by atoms with Gasteiger partial charge in [-0.25, -0.2) is 4.98 Å². The van der Waals surface area contributed by atoms with E-state index in [0.717, 1.165) is 5.33 Å². The molecular weight excluding hydrogens is 334 g/mol. The van der Waals surface area contributed by atoms with Crippen molar-refractivity contribution in [2.45, 2.75) is 51.9 Å². The van der Waals surface area contributed by atoms with Crippen molar-refractivity contribution in [3.05, 3.63) is 22.7 Å². The molecule has 0 bridgehead atoms. The molecule has 21 heavy (non-hydrogen) atoms. The van der Waals surface area contributed by atoms with E-state index in [0.29, 0.717) is 18.9 Å².